The van der Waals surface area contributed by atoms with E-state index in [1.165, 1.54) is 24.5 Å². The van der Waals surface area contributed by atoms with Crippen LogP contribution in [-0.4, -0.2) is 78.4 Å². The number of ether oxygens (including phenoxy) is 1. The summed E-state index contributed by atoms with van der Waals surface area (Å²) in [4.78, 5) is 23.0. The summed E-state index contributed by atoms with van der Waals surface area (Å²) in [6.07, 6.45) is 2.67. The predicted molar refractivity (Wildman–Crippen MR) is 124 cm³/mol. The van der Waals surface area contributed by atoms with Gasteiger partial charge in [-0.3, -0.25) is 20.0 Å². The molecule has 1 saturated heterocycles. The number of carbonyl (C=O) groups excluding carboxylic acids is 1. The normalized spacial score (nSPS) is 16.7. The van der Waals surface area contributed by atoms with Gasteiger partial charge in [0.1, 0.15) is 0 Å². The summed E-state index contributed by atoms with van der Waals surface area (Å²) in [6, 6.07) is 5.88. The minimum absolute atomic E-state index is 0.0247. The second-order valence-electron chi connectivity index (χ2n) is 8.76. The van der Waals surface area contributed by atoms with Crippen molar-refractivity contribution in [3.8, 4) is 11.3 Å². The maximum absolute atomic E-state index is 13.6. The zero-order valence-corrected chi connectivity index (χ0v) is 20.5. The van der Waals surface area contributed by atoms with Gasteiger partial charge in [0, 0.05) is 44.9 Å². The Bertz CT molecular complexity index is 1100. The largest absolute Gasteiger partial charge is 0.383 e. The number of piperidine rings is 1. The van der Waals surface area contributed by atoms with Crippen molar-refractivity contribution in [2.75, 3.05) is 33.4 Å². The van der Waals surface area contributed by atoms with Gasteiger partial charge in [0.2, 0.25) is 5.92 Å². The van der Waals surface area contributed by atoms with Gasteiger partial charge in [-0.25, -0.2) is 22.7 Å². The van der Waals surface area contributed by atoms with Crippen LogP contribution in [0.3, 0.4) is 0 Å². The lowest BCUT2D eigenvalue weighted by Gasteiger charge is -2.39. The number of nitrogens with one attached hydrogen (secondary N) is 1. The van der Waals surface area contributed by atoms with Crippen molar-refractivity contribution in [2.24, 2.45) is 0 Å². The quantitative estimate of drug-likeness (QED) is 0.368. The lowest BCUT2D eigenvalue weighted by molar-refractivity contribution is -0.133. The van der Waals surface area contributed by atoms with Gasteiger partial charge in [0.25, 0.3) is 5.91 Å². The average molecular weight is 513 g/mol. The van der Waals surface area contributed by atoms with Crippen LogP contribution in [-0.2, 0) is 25.8 Å². The van der Waals surface area contributed by atoms with Crippen LogP contribution < -0.4 is 5.48 Å². The first-order valence-electron chi connectivity index (χ1n) is 11.2. The number of benzene rings is 1. The molecule has 3 rings (SSSR count). The highest BCUT2D eigenvalue weighted by Gasteiger charge is 2.52. The molecule has 1 aromatic heterocycles. The minimum atomic E-state index is -4.14. The molecule has 0 radical (unpaired) electrons. The number of amides is 1. The number of sulfone groups is 1. The van der Waals surface area contributed by atoms with E-state index in [1.807, 2.05) is 4.90 Å². The number of aryl methyl sites for hydroxylation is 1. The molecule has 12 heteroatoms. The summed E-state index contributed by atoms with van der Waals surface area (Å²) in [7, 11) is -2.56. The highest BCUT2D eigenvalue weighted by molar-refractivity contribution is 7.93. The zero-order chi connectivity index (χ0) is 25.7. The molecule has 35 heavy (non-hydrogen) atoms. The number of likely N-dealkylation sites (tertiary alicyclic amines) is 1. The molecule has 0 unspecified atom stereocenters. The third-order valence-electron chi connectivity index (χ3n) is 6.29. The number of hydrogen-bond donors (Lipinski definition) is 2. The molecule has 2 heterocycles. The maximum atomic E-state index is 13.6. The number of halogens is 2. The second kappa shape index (κ2) is 11.0. The van der Waals surface area contributed by atoms with E-state index in [2.05, 4.69) is 9.97 Å². The van der Waals surface area contributed by atoms with Crippen molar-refractivity contribution < 1.29 is 31.9 Å². The monoisotopic (exact) mass is 512 g/mol. The molecule has 0 aliphatic carbocycles. The van der Waals surface area contributed by atoms with Crippen LogP contribution in [0, 0.1) is 0 Å². The molecule has 1 fully saturated rings. The SMILES string of the molecule is COCCN1CCC(C(=O)NO)(S(=O)(=O)c2ccc(-c3cnc(CCC(C)(F)F)cn3)cc2)CC1. The fraction of sp³-hybridized carbons (Fsp3) is 0.522. The van der Waals surface area contributed by atoms with Crippen LogP contribution in [0.15, 0.2) is 41.6 Å². The second-order valence-corrected chi connectivity index (χ2v) is 11.0. The molecule has 0 saturated carbocycles. The van der Waals surface area contributed by atoms with Crippen LogP contribution >= 0.6 is 0 Å². The summed E-state index contributed by atoms with van der Waals surface area (Å²) >= 11 is 0. The molecule has 0 bridgehead atoms. The first-order chi connectivity index (χ1) is 16.5. The summed E-state index contributed by atoms with van der Waals surface area (Å²) in [6.45, 7) is 2.68. The Labute approximate surface area is 203 Å². The Hall–Kier alpha value is -2.54. The number of carbonyl (C=O) groups is 1. The zero-order valence-electron chi connectivity index (χ0n) is 19.7. The number of aromatic nitrogens is 2. The molecule has 192 valence electrons. The number of nitrogens with zero attached hydrogens (tertiary/aromatic N) is 3. The molecule has 1 amide bonds. The van der Waals surface area contributed by atoms with Gasteiger partial charge in [-0.1, -0.05) is 12.1 Å². The first-order valence-corrected chi connectivity index (χ1v) is 12.7. The molecule has 2 aromatic rings. The molecular weight excluding hydrogens is 482 g/mol. The lowest BCUT2D eigenvalue weighted by Crippen LogP contribution is -2.58. The van der Waals surface area contributed by atoms with Crippen LogP contribution in [0.25, 0.3) is 11.3 Å². The van der Waals surface area contributed by atoms with E-state index >= 15 is 0 Å². The third-order valence-corrected chi connectivity index (χ3v) is 8.81. The van der Waals surface area contributed by atoms with E-state index in [1.54, 1.807) is 24.7 Å². The highest BCUT2D eigenvalue weighted by Crippen LogP contribution is 2.36. The smallest absolute Gasteiger partial charge is 0.265 e. The number of hydrogen-bond acceptors (Lipinski definition) is 8. The van der Waals surface area contributed by atoms with Gasteiger partial charge < -0.3 is 9.64 Å². The Kier molecular flexibility index (Phi) is 8.52. The van der Waals surface area contributed by atoms with E-state index in [4.69, 9.17) is 4.74 Å². The Morgan fingerprint density at radius 2 is 1.86 bits per heavy atom. The summed E-state index contributed by atoms with van der Waals surface area (Å²) in [5, 5.41) is 9.31. The Morgan fingerprint density at radius 3 is 2.37 bits per heavy atom. The predicted octanol–water partition coefficient (Wildman–Crippen LogP) is 2.49. The van der Waals surface area contributed by atoms with Crippen LogP contribution in [0.2, 0.25) is 0 Å². The number of hydroxylamine groups is 1. The van der Waals surface area contributed by atoms with Crippen molar-refractivity contribution in [1.82, 2.24) is 20.3 Å². The molecule has 1 aliphatic rings. The van der Waals surface area contributed by atoms with Crippen molar-refractivity contribution in [3.05, 3.63) is 42.4 Å². The molecular formula is C23H30F2N4O5S. The van der Waals surface area contributed by atoms with Crippen molar-refractivity contribution in [1.29, 1.82) is 0 Å². The molecule has 1 aromatic carbocycles. The van der Waals surface area contributed by atoms with Crippen molar-refractivity contribution in [2.45, 2.75) is 48.2 Å². The van der Waals surface area contributed by atoms with Gasteiger partial charge in [-0.15, -0.1) is 0 Å². The average Bonchev–Trinajstić information content (AvgIpc) is 2.86. The summed E-state index contributed by atoms with van der Waals surface area (Å²) in [5.74, 6) is -3.74. The van der Waals surface area contributed by atoms with E-state index < -0.39 is 26.4 Å². The fourth-order valence-corrected chi connectivity index (χ4v) is 6.04. The van der Waals surface area contributed by atoms with E-state index in [0.717, 1.165) is 6.92 Å². The highest BCUT2D eigenvalue weighted by atomic mass is 32.2. The van der Waals surface area contributed by atoms with Gasteiger partial charge >= 0.3 is 0 Å². The van der Waals surface area contributed by atoms with Crippen LogP contribution in [0.4, 0.5) is 8.78 Å². The van der Waals surface area contributed by atoms with E-state index in [0.29, 0.717) is 43.2 Å². The van der Waals surface area contributed by atoms with Gasteiger partial charge in [0.05, 0.1) is 29.1 Å². The third kappa shape index (κ3) is 6.18. The molecule has 9 nitrogen and oxygen atoms in total. The molecule has 1 aliphatic heterocycles. The summed E-state index contributed by atoms with van der Waals surface area (Å²) in [5.41, 5.74) is 3.01. The topological polar surface area (TPSA) is 122 Å². The van der Waals surface area contributed by atoms with Crippen molar-refractivity contribution in [3.63, 3.8) is 0 Å². The maximum Gasteiger partial charge on any atom is 0.265 e. The summed E-state index contributed by atoms with van der Waals surface area (Å²) < 4.78 is 56.5. The molecule has 2 N–H and O–H groups in total. The first kappa shape index (κ1) is 27.1. The number of rotatable bonds is 10. The Balaban J connectivity index is 1.79. The van der Waals surface area contributed by atoms with Crippen LogP contribution in [0.1, 0.15) is 31.9 Å². The minimum Gasteiger partial charge on any atom is -0.383 e. The van der Waals surface area contributed by atoms with Crippen LogP contribution in [0.5, 0.6) is 0 Å². The van der Waals surface area contributed by atoms with E-state index in [9.17, 15) is 27.2 Å². The molecule has 0 spiro atoms. The van der Waals surface area contributed by atoms with E-state index in [-0.39, 0.29) is 30.6 Å². The van der Waals surface area contributed by atoms with Crippen molar-refractivity contribution >= 4 is 15.7 Å². The molecule has 0 atom stereocenters. The lowest BCUT2D eigenvalue weighted by atomic mass is 9.95. The Morgan fingerprint density at radius 1 is 1.20 bits per heavy atom. The number of methoxy groups -OCH3 is 1. The standard InChI is InChI=1S/C23H30F2N4O5S/c1-22(24,25)8-7-18-15-27-20(16-26-18)17-3-5-19(6-4-17)35(32,33)23(21(30)28-31)9-11-29(12-10-23)13-14-34-2/h3-6,15-16,31H,7-14H2,1-2H3,(H,28,30). The number of alkyl halides is 2. The van der Waals surface area contributed by atoms with Gasteiger partial charge in [-0.2, -0.15) is 0 Å². The van der Waals surface area contributed by atoms with Gasteiger partial charge in [0.15, 0.2) is 14.6 Å². The van der Waals surface area contributed by atoms with Gasteiger partial charge in [-0.05, 0) is 38.3 Å². The fourth-order valence-electron chi connectivity index (χ4n) is 4.09.